The summed E-state index contributed by atoms with van der Waals surface area (Å²) in [6.45, 7) is 4.26. The Morgan fingerprint density at radius 3 is 2.63 bits per heavy atom. The smallest absolute Gasteiger partial charge is 0.300 e. The van der Waals surface area contributed by atoms with E-state index < -0.39 is 11.7 Å². The summed E-state index contributed by atoms with van der Waals surface area (Å²) in [5.74, 6) is 0.190. The fourth-order valence-corrected chi connectivity index (χ4v) is 2.96. The van der Waals surface area contributed by atoms with E-state index in [2.05, 4.69) is 5.32 Å². The zero-order valence-corrected chi connectivity index (χ0v) is 11.3. The number of rotatable bonds is 3. The number of nitrogens with one attached hydrogen (secondary N) is 1. The second-order valence-corrected chi connectivity index (χ2v) is 5.36. The van der Waals surface area contributed by atoms with Gasteiger partial charge in [0.15, 0.2) is 0 Å². The molecule has 2 rings (SSSR count). The standard InChI is InChI=1S/C15H20F3N/c1-3-10-19-14(15(16,17)18)9-8-11(2)12-6-4-5-7-13(12)14/h4-7,11,19H,3,8-10H2,1-2H3. The molecule has 2 unspecified atom stereocenters. The van der Waals surface area contributed by atoms with Gasteiger partial charge in [-0.2, -0.15) is 13.2 Å². The lowest BCUT2D eigenvalue weighted by Crippen LogP contribution is -2.56. The van der Waals surface area contributed by atoms with Crippen LogP contribution in [-0.4, -0.2) is 12.7 Å². The third-order valence-electron chi connectivity index (χ3n) is 4.06. The molecule has 1 N–H and O–H groups in total. The first kappa shape index (κ1) is 14.4. The van der Waals surface area contributed by atoms with E-state index in [0.717, 1.165) is 5.56 Å². The van der Waals surface area contributed by atoms with Crippen LogP contribution in [0.5, 0.6) is 0 Å². The molecule has 1 aliphatic rings. The number of fused-ring (bicyclic) bond motifs is 1. The molecule has 1 nitrogen and oxygen atoms in total. The second-order valence-electron chi connectivity index (χ2n) is 5.36. The molecule has 0 fully saturated rings. The Balaban J connectivity index is 2.53. The van der Waals surface area contributed by atoms with E-state index in [1.54, 1.807) is 12.1 Å². The van der Waals surface area contributed by atoms with Crippen LogP contribution in [0.25, 0.3) is 0 Å². The van der Waals surface area contributed by atoms with Crippen LogP contribution in [-0.2, 0) is 5.54 Å². The molecule has 0 radical (unpaired) electrons. The molecule has 0 heterocycles. The minimum atomic E-state index is -4.27. The summed E-state index contributed by atoms with van der Waals surface area (Å²) >= 11 is 0. The van der Waals surface area contributed by atoms with Gasteiger partial charge in [0.05, 0.1) is 0 Å². The van der Waals surface area contributed by atoms with Gasteiger partial charge in [-0.1, -0.05) is 38.1 Å². The summed E-state index contributed by atoms with van der Waals surface area (Å²) < 4.78 is 41.0. The lowest BCUT2D eigenvalue weighted by Gasteiger charge is -2.43. The summed E-state index contributed by atoms with van der Waals surface area (Å²) in [7, 11) is 0. The van der Waals surface area contributed by atoms with Crippen molar-refractivity contribution in [2.24, 2.45) is 0 Å². The van der Waals surface area contributed by atoms with Gasteiger partial charge in [-0.05, 0) is 42.9 Å². The SMILES string of the molecule is CCCNC1(C(F)(F)F)CCC(C)c2ccccc21. The Hall–Kier alpha value is -1.03. The van der Waals surface area contributed by atoms with Crippen molar-refractivity contribution in [2.45, 2.75) is 50.7 Å². The number of hydrogen-bond acceptors (Lipinski definition) is 1. The van der Waals surface area contributed by atoms with Crippen LogP contribution < -0.4 is 5.32 Å². The fourth-order valence-electron chi connectivity index (χ4n) is 2.96. The summed E-state index contributed by atoms with van der Waals surface area (Å²) in [5, 5.41) is 2.78. The highest BCUT2D eigenvalue weighted by molar-refractivity contribution is 5.40. The number of halogens is 3. The fraction of sp³-hybridized carbons (Fsp3) is 0.600. The lowest BCUT2D eigenvalue weighted by atomic mass is 9.72. The largest absolute Gasteiger partial charge is 0.410 e. The zero-order valence-electron chi connectivity index (χ0n) is 11.3. The minimum Gasteiger partial charge on any atom is -0.300 e. The van der Waals surface area contributed by atoms with Gasteiger partial charge < -0.3 is 0 Å². The molecule has 0 amide bonds. The molecule has 1 aromatic rings. The molecule has 0 bridgehead atoms. The van der Waals surface area contributed by atoms with Crippen LogP contribution in [0.4, 0.5) is 13.2 Å². The van der Waals surface area contributed by atoms with E-state index in [-0.39, 0.29) is 12.3 Å². The third kappa shape index (κ3) is 2.38. The molecule has 0 saturated heterocycles. The molecule has 1 aliphatic carbocycles. The van der Waals surface area contributed by atoms with Crippen LogP contribution in [0, 0.1) is 0 Å². The monoisotopic (exact) mass is 271 g/mol. The number of alkyl halides is 3. The highest BCUT2D eigenvalue weighted by Crippen LogP contribution is 2.49. The maximum absolute atomic E-state index is 13.7. The summed E-state index contributed by atoms with van der Waals surface area (Å²) in [6.07, 6.45) is -2.89. The number of hydrogen-bond donors (Lipinski definition) is 1. The van der Waals surface area contributed by atoms with Gasteiger partial charge >= 0.3 is 6.18 Å². The minimum absolute atomic E-state index is 0.120. The Labute approximate surface area is 112 Å². The van der Waals surface area contributed by atoms with Crippen molar-refractivity contribution in [1.82, 2.24) is 5.32 Å². The predicted octanol–water partition coefficient (Wildman–Crippen LogP) is 4.34. The Morgan fingerprint density at radius 2 is 2.00 bits per heavy atom. The summed E-state index contributed by atoms with van der Waals surface area (Å²) in [4.78, 5) is 0. The van der Waals surface area contributed by atoms with Crippen molar-refractivity contribution >= 4 is 0 Å². The summed E-state index contributed by atoms with van der Waals surface area (Å²) in [5.41, 5.74) is -0.629. The van der Waals surface area contributed by atoms with Gasteiger partial charge in [-0.3, -0.25) is 5.32 Å². The lowest BCUT2D eigenvalue weighted by molar-refractivity contribution is -0.206. The molecule has 2 atom stereocenters. The molecular formula is C15H20F3N. The maximum atomic E-state index is 13.7. The van der Waals surface area contributed by atoms with Gasteiger partial charge in [-0.15, -0.1) is 0 Å². The third-order valence-corrected chi connectivity index (χ3v) is 4.06. The topological polar surface area (TPSA) is 12.0 Å². The van der Waals surface area contributed by atoms with Crippen molar-refractivity contribution in [1.29, 1.82) is 0 Å². The van der Waals surface area contributed by atoms with Gasteiger partial charge in [0.1, 0.15) is 5.54 Å². The molecule has 0 aromatic heterocycles. The Bertz CT molecular complexity index is 441. The average molecular weight is 271 g/mol. The normalized spacial score (nSPS) is 27.1. The van der Waals surface area contributed by atoms with E-state index in [1.807, 2.05) is 26.0 Å². The van der Waals surface area contributed by atoms with Crippen molar-refractivity contribution in [2.75, 3.05) is 6.54 Å². The molecule has 106 valence electrons. The second kappa shape index (κ2) is 5.16. The molecule has 0 aliphatic heterocycles. The molecular weight excluding hydrogens is 251 g/mol. The van der Waals surface area contributed by atoms with Gasteiger partial charge in [-0.25, -0.2) is 0 Å². The quantitative estimate of drug-likeness (QED) is 0.862. The van der Waals surface area contributed by atoms with Gasteiger partial charge in [0.2, 0.25) is 0 Å². The van der Waals surface area contributed by atoms with Gasteiger partial charge in [0.25, 0.3) is 0 Å². The van der Waals surface area contributed by atoms with E-state index >= 15 is 0 Å². The van der Waals surface area contributed by atoms with Crippen LogP contribution in [0.1, 0.15) is 50.2 Å². The Kier molecular flexibility index (Phi) is 3.90. The predicted molar refractivity (Wildman–Crippen MR) is 70.1 cm³/mol. The molecule has 0 spiro atoms. The molecule has 19 heavy (non-hydrogen) atoms. The first-order chi connectivity index (χ1) is 8.92. The average Bonchev–Trinajstić information content (AvgIpc) is 2.37. The Morgan fingerprint density at radius 1 is 1.32 bits per heavy atom. The van der Waals surface area contributed by atoms with Crippen LogP contribution >= 0.6 is 0 Å². The van der Waals surface area contributed by atoms with E-state index in [0.29, 0.717) is 24.9 Å². The van der Waals surface area contributed by atoms with Crippen LogP contribution in [0.2, 0.25) is 0 Å². The molecule has 4 heteroatoms. The zero-order chi connectivity index (χ0) is 14.1. The summed E-state index contributed by atoms with van der Waals surface area (Å²) in [6, 6.07) is 6.97. The van der Waals surface area contributed by atoms with Crippen molar-refractivity contribution in [3.05, 3.63) is 35.4 Å². The first-order valence-corrected chi connectivity index (χ1v) is 6.83. The van der Waals surface area contributed by atoms with Crippen molar-refractivity contribution in [3.8, 4) is 0 Å². The number of benzene rings is 1. The van der Waals surface area contributed by atoms with E-state index in [9.17, 15) is 13.2 Å². The highest BCUT2D eigenvalue weighted by atomic mass is 19.4. The van der Waals surface area contributed by atoms with Gasteiger partial charge in [0, 0.05) is 0 Å². The molecule has 1 aromatic carbocycles. The van der Waals surface area contributed by atoms with Crippen molar-refractivity contribution in [3.63, 3.8) is 0 Å². The van der Waals surface area contributed by atoms with Crippen LogP contribution in [0.15, 0.2) is 24.3 Å². The van der Waals surface area contributed by atoms with E-state index in [1.165, 1.54) is 0 Å². The van der Waals surface area contributed by atoms with Crippen LogP contribution in [0.3, 0.4) is 0 Å². The first-order valence-electron chi connectivity index (χ1n) is 6.83. The van der Waals surface area contributed by atoms with E-state index in [4.69, 9.17) is 0 Å². The molecule has 0 saturated carbocycles. The highest BCUT2D eigenvalue weighted by Gasteiger charge is 2.57. The van der Waals surface area contributed by atoms with Crippen molar-refractivity contribution < 1.29 is 13.2 Å². The maximum Gasteiger partial charge on any atom is 0.410 e.